The first-order valence-electron chi connectivity index (χ1n) is 13.4. The van der Waals surface area contributed by atoms with Crippen LogP contribution in [0.4, 0.5) is 21.5 Å². The summed E-state index contributed by atoms with van der Waals surface area (Å²) in [7, 11) is 2.01. The van der Waals surface area contributed by atoms with Gasteiger partial charge in [0.1, 0.15) is 17.5 Å². The van der Waals surface area contributed by atoms with Crippen LogP contribution in [-0.2, 0) is 26.5 Å². The Balaban J connectivity index is 0.00000316. The number of halogens is 1. The van der Waals surface area contributed by atoms with E-state index in [2.05, 4.69) is 70.9 Å². The number of pyridine rings is 2. The van der Waals surface area contributed by atoms with Gasteiger partial charge < -0.3 is 19.1 Å². The SMILES string of the molecule is CN1[CH-]N(c2[c-]c(Oc3[c-]c4c(cc3)c3cc(F)ccc3n4-c3cc(C(C)(C)C)ccn3)ncc2)c2ccccc21.[Pt]. The van der Waals surface area contributed by atoms with Crippen LogP contribution in [0.3, 0.4) is 0 Å². The molecule has 8 heteroatoms. The van der Waals surface area contributed by atoms with E-state index in [0.29, 0.717) is 11.6 Å². The number of benzene rings is 3. The summed E-state index contributed by atoms with van der Waals surface area (Å²) >= 11 is 0. The average Bonchev–Trinajstić information content (AvgIpc) is 3.47. The van der Waals surface area contributed by atoms with Crippen molar-refractivity contribution in [2.75, 3.05) is 16.8 Å². The van der Waals surface area contributed by atoms with Gasteiger partial charge in [0.05, 0.1) is 0 Å². The third kappa shape index (κ3) is 4.82. The molecule has 7 rings (SSSR count). The summed E-state index contributed by atoms with van der Waals surface area (Å²) in [5.74, 6) is 1.23. The van der Waals surface area contributed by atoms with Crippen molar-refractivity contribution in [1.82, 2.24) is 14.5 Å². The second kappa shape index (κ2) is 10.6. The van der Waals surface area contributed by atoms with E-state index in [1.165, 1.54) is 6.07 Å². The molecule has 0 saturated carbocycles. The van der Waals surface area contributed by atoms with Crippen LogP contribution in [0, 0.1) is 24.6 Å². The fourth-order valence-corrected chi connectivity index (χ4v) is 5.31. The zero-order chi connectivity index (χ0) is 28.3. The number of ether oxygens (including phenoxy) is 1. The summed E-state index contributed by atoms with van der Waals surface area (Å²) in [6, 6.07) is 29.4. The molecule has 3 aromatic carbocycles. The predicted molar refractivity (Wildman–Crippen MR) is 161 cm³/mol. The summed E-state index contributed by atoms with van der Waals surface area (Å²) < 4.78 is 22.6. The molecule has 214 valence electrons. The maximum atomic E-state index is 14.4. The van der Waals surface area contributed by atoms with Crippen LogP contribution < -0.4 is 14.5 Å². The van der Waals surface area contributed by atoms with Crippen molar-refractivity contribution in [3.63, 3.8) is 0 Å². The fraction of sp³-hybridized carbons (Fsp3) is 0.147. The minimum absolute atomic E-state index is 0. The van der Waals surface area contributed by atoms with Crippen molar-refractivity contribution >= 4 is 38.9 Å². The molecule has 1 aliphatic rings. The third-order valence-electron chi connectivity index (χ3n) is 7.39. The molecule has 0 aliphatic carbocycles. The van der Waals surface area contributed by atoms with Gasteiger partial charge >= 0.3 is 0 Å². The van der Waals surface area contributed by atoms with Crippen LogP contribution in [0.2, 0.25) is 0 Å². The van der Waals surface area contributed by atoms with E-state index in [4.69, 9.17) is 4.74 Å². The van der Waals surface area contributed by atoms with Gasteiger partial charge in [-0.25, -0.2) is 9.37 Å². The predicted octanol–water partition coefficient (Wildman–Crippen LogP) is 8.11. The fourth-order valence-electron chi connectivity index (χ4n) is 5.31. The molecule has 0 atom stereocenters. The molecule has 0 bridgehead atoms. The van der Waals surface area contributed by atoms with E-state index in [-0.39, 0.29) is 32.3 Å². The normalized spacial score (nSPS) is 13.0. The standard InChI is InChI=1S/C34H27FN5O.Pt/c1-34(2,3)22-13-15-36-32(17-22)40-28-12-9-23(35)18-27(28)26-11-10-25(20-31(26)40)41-33-19-24(14-16-37-33)39-21-38(4)29-7-5-6-8-30(29)39;/h5-18,21H,1-4H3;/q-3;. The monoisotopic (exact) mass is 735 g/mol. The molecular formula is C34H27FN5OPt-3. The first-order chi connectivity index (χ1) is 19.8. The minimum Gasteiger partial charge on any atom is -0.504 e. The Kier molecular flexibility index (Phi) is 7.02. The van der Waals surface area contributed by atoms with E-state index in [0.717, 1.165) is 50.2 Å². The molecule has 0 amide bonds. The molecular weight excluding hydrogens is 708 g/mol. The summed E-state index contributed by atoms with van der Waals surface area (Å²) in [6.45, 7) is 8.51. The van der Waals surface area contributed by atoms with Crippen LogP contribution in [-0.4, -0.2) is 21.6 Å². The van der Waals surface area contributed by atoms with E-state index in [9.17, 15) is 4.39 Å². The molecule has 0 N–H and O–H groups in total. The number of fused-ring (bicyclic) bond motifs is 4. The van der Waals surface area contributed by atoms with Gasteiger partial charge in [-0.05, 0) is 72.1 Å². The Labute approximate surface area is 258 Å². The van der Waals surface area contributed by atoms with Crippen molar-refractivity contribution in [3.05, 3.63) is 115 Å². The summed E-state index contributed by atoms with van der Waals surface area (Å²) in [6.07, 6.45) is 3.52. The van der Waals surface area contributed by atoms with Crippen LogP contribution >= 0.6 is 0 Å². The van der Waals surface area contributed by atoms with E-state index < -0.39 is 0 Å². The van der Waals surface area contributed by atoms with Crippen molar-refractivity contribution < 1.29 is 30.2 Å². The van der Waals surface area contributed by atoms with Gasteiger partial charge in [0.25, 0.3) is 0 Å². The molecule has 0 saturated heterocycles. The van der Waals surface area contributed by atoms with Crippen molar-refractivity contribution in [1.29, 1.82) is 0 Å². The van der Waals surface area contributed by atoms with Gasteiger partial charge in [0.2, 0.25) is 0 Å². The Morgan fingerprint density at radius 3 is 2.45 bits per heavy atom. The van der Waals surface area contributed by atoms with Gasteiger partial charge in [0.15, 0.2) is 0 Å². The van der Waals surface area contributed by atoms with Gasteiger partial charge in [-0.3, -0.25) is 4.98 Å². The Bertz CT molecular complexity index is 1950. The number of rotatable bonds is 4. The van der Waals surface area contributed by atoms with Gasteiger partial charge in [-0.2, -0.15) is 30.6 Å². The Morgan fingerprint density at radius 2 is 1.64 bits per heavy atom. The number of hydrogen-bond donors (Lipinski definition) is 0. The van der Waals surface area contributed by atoms with E-state index >= 15 is 0 Å². The number of aromatic nitrogens is 3. The van der Waals surface area contributed by atoms with Crippen molar-refractivity contribution in [2.45, 2.75) is 26.2 Å². The number of para-hydroxylation sites is 2. The molecule has 6 nitrogen and oxygen atoms in total. The zero-order valence-corrected chi connectivity index (χ0v) is 25.8. The van der Waals surface area contributed by atoms with Crippen LogP contribution in [0.5, 0.6) is 11.6 Å². The molecule has 1 aliphatic heterocycles. The van der Waals surface area contributed by atoms with Gasteiger partial charge in [0, 0.05) is 49.9 Å². The summed E-state index contributed by atoms with van der Waals surface area (Å²) in [5.41, 5.74) is 5.63. The molecule has 42 heavy (non-hydrogen) atoms. The number of hydrogen-bond acceptors (Lipinski definition) is 5. The molecule has 4 heterocycles. The van der Waals surface area contributed by atoms with Gasteiger partial charge in [-0.15, -0.1) is 17.5 Å². The average molecular weight is 736 g/mol. The molecule has 6 aromatic rings. The zero-order valence-electron chi connectivity index (χ0n) is 23.5. The van der Waals surface area contributed by atoms with Crippen molar-refractivity contribution in [2.24, 2.45) is 0 Å². The maximum absolute atomic E-state index is 14.4. The largest absolute Gasteiger partial charge is 0.504 e. The summed E-state index contributed by atoms with van der Waals surface area (Å²) in [4.78, 5) is 13.2. The number of nitrogens with zero attached hydrogens (tertiary/aromatic N) is 5. The second-order valence-electron chi connectivity index (χ2n) is 11.2. The first kappa shape index (κ1) is 27.9. The smallest absolute Gasteiger partial charge is 0.135 e. The van der Waals surface area contributed by atoms with Crippen LogP contribution in [0.15, 0.2) is 85.2 Å². The van der Waals surface area contributed by atoms with Crippen LogP contribution in [0.1, 0.15) is 26.3 Å². The Morgan fingerprint density at radius 1 is 0.857 bits per heavy atom. The molecule has 3 aromatic heterocycles. The molecule has 0 fully saturated rings. The quantitative estimate of drug-likeness (QED) is 0.171. The van der Waals surface area contributed by atoms with Crippen molar-refractivity contribution in [3.8, 4) is 17.4 Å². The third-order valence-corrected chi connectivity index (χ3v) is 7.39. The molecule has 0 unspecified atom stereocenters. The topological polar surface area (TPSA) is 46.4 Å². The molecule has 0 spiro atoms. The second-order valence-corrected chi connectivity index (χ2v) is 11.2. The first-order valence-corrected chi connectivity index (χ1v) is 13.4. The Hall–Kier alpha value is -4.22. The number of anilines is 3. The van der Waals surface area contributed by atoms with Crippen LogP contribution in [0.25, 0.3) is 27.6 Å². The minimum atomic E-state index is -0.296. The van der Waals surface area contributed by atoms with E-state index in [1.807, 2.05) is 60.9 Å². The summed E-state index contributed by atoms with van der Waals surface area (Å²) in [5, 5.41) is 1.64. The van der Waals surface area contributed by atoms with E-state index in [1.54, 1.807) is 18.3 Å². The molecule has 0 radical (unpaired) electrons. The van der Waals surface area contributed by atoms with Gasteiger partial charge in [-0.1, -0.05) is 38.4 Å². The maximum Gasteiger partial charge on any atom is 0.135 e.